The summed E-state index contributed by atoms with van der Waals surface area (Å²) in [6, 6.07) is 22.7. The zero-order valence-electron chi connectivity index (χ0n) is 16.1. The Morgan fingerprint density at radius 1 is 0.862 bits per heavy atom. The monoisotopic (exact) mass is 387 g/mol. The molecule has 0 aromatic heterocycles. The first-order valence-electron chi connectivity index (χ1n) is 9.54. The van der Waals surface area contributed by atoms with Crippen LogP contribution in [-0.2, 0) is 0 Å². The van der Waals surface area contributed by atoms with Crippen LogP contribution in [0.25, 0.3) is 0 Å². The topological polar surface area (TPSA) is 55.8 Å². The minimum absolute atomic E-state index is 0.143. The molecule has 0 fully saturated rings. The Hall–Kier alpha value is -3.60. The van der Waals surface area contributed by atoms with Gasteiger partial charge in [-0.3, -0.25) is 9.59 Å². The van der Waals surface area contributed by atoms with Crippen molar-refractivity contribution in [2.75, 3.05) is 13.3 Å². The molecule has 1 aliphatic heterocycles. The van der Waals surface area contributed by atoms with Crippen molar-refractivity contribution in [2.45, 2.75) is 13.0 Å². The summed E-state index contributed by atoms with van der Waals surface area (Å²) >= 11 is 0. The first-order valence-corrected chi connectivity index (χ1v) is 9.54. The van der Waals surface area contributed by atoms with E-state index >= 15 is 0 Å². The van der Waals surface area contributed by atoms with E-state index in [1.54, 1.807) is 41.3 Å². The number of amides is 1. The zero-order chi connectivity index (χ0) is 20.2. The molecule has 0 N–H and O–H groups in total. The van der Waals surface area contributed by atoms with Crippen LogP contribution < -0.4 is 9.47 Å². The Bertz CT molecular complexity index is 1020. The van der Waals surface area contributed by atoms with Crippen molar-refractivity contribution in [2.24, 2.45) is 0 Å². The Morgan fingerprint density at radius 2 is 1.48 bits per heavy atom. The van der Waals surface area contributed by atoms with Crippen LogP contribution in [0.2, 0.25) is 0 Å². The molecule has 0 bridgehead atoms. The van der Waals surface area contributed by atoms with Gasteiger partial charge < -0.3 is 14.4 Å². The molecule has 1 unspecified atom stereocenters. The van der Waals surface area contributed by atoms with Gasteiger partial charge in [0, 0.05) is 17.7 Å². The summed E-state index contributed by atoms with van der Waals surface area (Å²) in [5, 5.41) is 0. The molecule has 1 aliphatic rings. The molecule has 5 heteroatoms. The van der Waals surface area contributed by atoms with E-state index in [2.05, 4.69) is 0 Å². The quantitative estimate of drug-likeness (QED) is 0.585. The lowest BCUT2D eigenvalue weighted by Crippen LogP contribution is -2.39. The standard InChI is InChI=1S/C24H21NO4/c1-2-25(24(27)18-11-7-4-8-12-18)22(23(26)17-9-5-3-6-10-17)19-13-14-20-21(15-19)29-16-28-20/h3-15,22H,2,16H2,1H3. The number of nitrogens with zero attached hydrogens (tertiary/aromatic N) is 1. The number of carbonyl (C=O) groups is 2. The maximum Gasteiger partial charge on any atom is 0.254 e. The Morgan fingerprint density at radius 3 is 2.14 bits per heavy atom. The van der Waals surface area contributed by atoms with Crippen LogP contribution in [0.3, 0.4) is 0 Å². The molecule has 5 nitrogen and oxygen atoms in total. The summed E-state index contributed by atoms with van der Waals surface area (Å²) in [6.07, 6.45) is 0. The Kier molecular flexibility index (Phi) is 5.29. The van der Waals surface area contributed by atoms with Crippen molar-refractivity contribution in [1.82, 2.24) is 4.90 Å². The number of hydrogen-bond donors (Lipinski definition) is 0. The van der Waals surface area contributed by atoms with Crippen molar-refractivity contribution in [3.63, 3.8) is 0 Å². The van der Waals surface area contributed by atoms with Crippen molar-refractivity contribution in [3.05, 3.63) is 95.6 Å². The summed E-state index contributed by atoms with van der Waals surface area (Å²) in [4.78, 5) is 28.4. The molecule has 1 heterocycles. The van der Waals surface area contributed by atoms with Crippen LogP contribution in [0, 0.1) is 0 Å². The van der Waals surface area contributed by atoms with Gasteiger partial charge in [-0.25, -0.2) is 0 Å². The van der Waals surface area contributed by atoms with E-state index in [0.717, 1.165) is 0 Å². The van der Waals surface area contributed by atoms with Crippen LogP contribution >= 0.6 is 0 Å². The maximum atomic E-state index is 13.5. The summed E-state index contributed by atoms with van der Waals surface area (Å²) in [7, 11) is 0. The molecule has 4 rings (SSSR count). The lowest BCUT2D eigenvalue weighted by molar-refractivity contribution is 0.0618. The van der Waals surface area contributed by atoms with Gasteiger partial charge in [-0.05, 0) is 36.8 Å². The average Bonchev–Trinajstić information content (AvgIpc) is 3.25. The summed E-state index contributed by atoms with van der Waals surface area (Å²) < 4.78 is 10.9. The fourth-order valence-corrected chi connectivity index (χ4v) is 3.51. The molecule has 0 saturated carbocycles. The highest BCUT2D eigenvalue weighted by atomic mass is 16.7. The average molecular weight is 387 g/mol. The number of fused-ring (bicyclic) bond motifs is 1. The minimum atomic E-state index is -0.774. The van der Waals surface area contributed by atoms with E-state index in [-0.39, 0.29) is 18.5 Å². The lowest BCUT2D eigenvalue weighted by Gasteiger charge is -2.30. The van der Waals surface area contributed by atoms with Crippen LogP contribution in [-0.4, -0.2) is 29.9 Å². The van der Waals surface area contributed by atoms with Gasteiger partial charge in [-0.15, -0.1) is 0 Å². The summed E-state index contributed by atoms with van der Waals surface area (Å²) in [6.45, 7) is 2.40. The smallest absolute Gasteiger partial charge is 0.254 e. The van der Waals surface area contributed by atoms with E-state index in [0.29, 0.717) is 34.7 Å². The second kappa shape index (κ2) is 8.19. The van der Waals surface area contributed by atoms with Gasteiger partial charge in [0.2, 0.25) is 6.79 Å². The third-order valence-corrected chi connectivity index (χ3v) is 4.95. The highest BCUT2D eigenvalue weighted by Crippen LogP contribution is 2.37. The molecule has 0 aliphatic carbocycles. The van der Waals surface area contributed by atoms with E-state index in [9.17, 15) is 9.59 Å². The SMILES string of the molecule is CCN(C(=O)c1ccccc1)C(C(=O)c1ccccc1)c1ccc2c(c1)OCO2. The first-order chi connectivity index (χ1) is 14.2. The fourth-order valence-electron chi connectivity index (χ4n) is 3.51. The zero-order valence-corrected chi connectivity index (χ0v) is 16.1. The summed E-state index contributed by atoms with van der Waals surface area (Å²) in [5.74, 6) is 0.879. The van der Waals surface area contributed by atoms with Crippen LogP contribution in [0.4, 0.5) is 0 Å². The van der Waals surface area contributed by atoms with Crippen molar-refractivity contribution >= 4 is 11.7 Å². The van der Waals surface area contributed by atoms with Crippen molar-refractivity contribution in [3.8, 4) is 11.5 Å². The third-order valence-electron chi connectivity index (χ3n) is 4.95. The molecule has 1 atom stereocenters. The molecule has 146 valence electrons. The normalized spacial score (nSPS) is 13.0. The highest BCUT2D eigenvalue weighted by molar-refractivity contribution is 6.04. The number of ether oxygens (including phenoxy) is 2. The third kappa shape index (κ3) is 3.72. The summed E-state index contributed by atoms with van der Waals surface area (Å²) in [5.41, 5.74) is 1.78. The van der Waals surface area contributed by atoms with Gasteiger partial charge in [-0.2, -0.15) is 0 Å². The number of rotatable bonds is 6. The number of carbonyl (C=O) groups excluding carboxylic acids is 2. The number of likely N-dealkylation sites (N-methyl/N-ethyl adjacent to an activating group) is 1. The molecular weight excluding hydrogens is 366 g/mol. The number of benzene rings is 3. The van der Waals surface area contributed by atoms with E-state index in [4.69, 9.17) is 9.47 Å². The predicted molar refractivity (Wildman–Crippen MR) is 109 cm³/mol. The number of ketones is 1. The van der Waals surface area contributed by atoms with E-state index in [1.165, 1.54) is 0 Å². The van der Waals surface area contributed by atoms with E-state index in [1.807, 2.05) is 49.4 Å². The van der Waals surface area contributed by atoms with Crippen LogP contribution in [0.15, 0.2) is 78.9 Å². The van der Waals surface area contributed by atoms with Gasteiger partial charge in [-0.1, -0.05) is 54.6 Å². The van der Waals surface area contributed by atoms with Crippen LogP contribution in [0.5, 0.6) is 11.5 Å². The van der Waals surface area contributed by atoms with Gasteiger partial charge in [0.05, 0.1) is 0 Å². The molecule has 3 aromatic carbocycles. The minimum Gasteiger partial charge on any atom is -0.454 e. The van der Waals surface area contributed by atoms with Crippen LogP contribution in [0.1, 0.15) is 39.2 Å². The maximum absolute atomic E-state index is 13.5. The number of hydrogen-bond acceptors (Lipinski definition) is 4. The molecule has 3 aromatic rings. The Balaban J connectivity index is 1.78. The second-order valence-electron chi connectivity index (χ2n) is 6.70. The van der Waals surface area contributed by atoms with E-state index < -0.39 is 6.04 Å². The fraction of sp³-hybridized carbons (Fsp3) is 0.167. The Labute approximate surface area is 169 Å². The van der Waals surface area contributed by atoms with Gasteiger partial charge >= 0.3 is 0 Å². The van der Waals surface area contributed by atoms with Gasteiger partial charge in [0.25, 0.3) is 5.91 Å². The molecule has 0 radical (unpaired) electrons. The lowest BCUT2D eigenvalue weighted by atomic mass is 9.94. The number of Topliss-reactive ketones (excluding diaryl/α,β-unsaturated/α-hetero) is 1. The second-order valence-corrected chi connectivity index (χ2v) is 6.70. The highest BCUT2D eigenvalue weighted by Gasteiger charge is 2.32. The van der Waals surface area contributed by atoms with Gasteiger partial charge in [0.1, 0.15) is 6.04 Å². The molecule has 0 saturated heterocycles. The molecule has 0 spiro atoms. The molecule has 29 heavy (non-hydrogen) atoms. The van der Waals surface area contributed by atoms with Crippen molar-refractivity contribution in [1.29, 1.82) is 0 Å². The largest absolute Gasteiger partial charge is 0.454 e. The van der Waals surface area contributed by atoms with Gasteiger partial charge in [0.15, 0.2) is 17.3 Å². The molecular formula is C24H21NO4. The molecule has 1 amide bonds. The van der Waals surface area contributed by atoms with Crippen molar-refractivity contribution < 1.29 is 19.1 Å². The predicted octanol–water partition coefficient (Wildman–Crippen LogP) is 4.50. The first kappa shape index (κ1) is 18.7.